The summed E-state index contributed by atoms with van der Waals surface area (Å²) in [5.41, 5.74) is -1.01. The van der Waals surface area contributed by atoms with Crippen LogP contribution in [0.3, 0.4) is 0 Å². The molecule has 0 amide bonds. The van der Waals surface area contributed by atoms with E-state index in [1.54, 1.807) is 14.1 Å². The summed E-state index contributed by atoms with van der Waals surface area (Å²) in [6.45, 7) is 0.714. The van der Waals surface area contributed by atoms with Crippen molar-refractivity contribution in [2.24, 2.45) is 0 Å². The quantitative estimate of drug-likeness (QED) is 0.824. The van der Waals surface area contributed by atoms with E-state index in [1.165, 1.54) is 9.21 Å². The number of nitrogens with one attached hydrogen (secondary N) is 1. The molecule has 1 aliphatic carbocycles. The van der Waals surface area contributed by atoms with Crippen LogP contribution in [0.25, 0.3) is 0 Å². The topological polar surface area (TPSA) is 78.4 Å². The molecule has 1 saturated heterocycles. The van der Waals surface area contributed by atoms with Crippen LogP contribution in [0.4, 0.5) is 24.9 Å². The zero-order valence-electron chi connectivity index (χ0n) is 14.6. The molecule has 1 aromatic rings. The Morgan fingerprint density at radius 2 is 1.77 bits per heavy atom. The van der Waals surface area contributed by atoms with Gasteiger partial charge in [0.25, 0.3) is 0 Å². The first kappa shape index (κ1) is 19.2. The van der Waals surface area contributed by atoms with Gasteiger partial charge in [-0.2, -0.15) is 18.2 Å². The summed E-state index contributed by atoms with van der Waals surface area (Å²) in [6.07, 6.45) is -2.13. The van der Waals surface area contributed by atoms with Crippen LogP contribution < -0.4 is 10.2 Å². The molecule has 1 aromatic heterocycles. The third kappa shape index (κ3) is 4.20. The summed E-state index contributed by atoms with van der Waals surface area (Å²) in [5, 5.41) is 2.69. The summed E-state index contributed by atoms with van der Waals surface area (Å²) in [5.74, 6) is 0.0654. The number of hydrogen-bond donors (Lipinski definition) is 1. The first-order chi connectivity index (χ1) is 12.1. The predicted octanol–water partition coefficient (Wildman–Crippen LogP) is 1.93. The van der Waals surface area contributed by atoms with Gasteiger partial charge in [0.15, 0.2) is 5.69 Å². The molecule has 0 bridgehead atoms. The van der Waals surface area contributed by atoms with E-state index in [4.69, 9.17) is 0 Å². The molecule has 0 unspecified atom stereocenters. The van der Waals surface area contributed by atoms with Crippen LogP contribution >= 0.6 is 0 Å². The molecule has 2 fully saturated rings. The third-order valence-corrected chi connectivity index (χ3v) is 6.95. The van der Waals surface area contributed by atoms with Crippen molar-refractivity contribution in [3.8, 4) is 0 Å². The number of sulfonamides is 1. The number of rotatable bonds is 5. The molecule has 2 heterocycles. The lowest BCUT2D eigenvalue weighted by Crippen LogP contribution is -2.43. The highest BCUT2D eigenvalue weighted by molar-refractivity contribution is 7.90. The van der Waals surface area contributed by atoms with Gasteiger partial charge in [-0.1, -0.05) is 0 Å². The smallest absolute Gasteiger partial charge is 0.363 e. The molecule has 1 aliphatic heterocycles. The Morgan fingerprint density at radius 1 is 1.15 bits per heavy atom. The number of halogens is 3. The van der Waals surface area contributed by atoms with Gasteiger partial charge in [0.1, 0.15) is 5.82 Å². The van der Waals surface area contributed by atoms with Crippen molar-refractivity contribution in [3.63, 3.8) is 0 Å². The van der Waals surface area contributed by atoms with Gasteiger partial charge in [0.05, 0.1) is 5.25 Å². The number of piperidine rings is 1. The Hall–Kier alpha value is -1.62. The summed E-state index contributed by atoms with van der Waals surface area (Å²) in [4.78, 5) is 9.18. The summed E-state index contributed by atoms with van der Waals surface area (Å²) < 4.78 is 65.1. The third-order valence-electron chi connectivity index (χ3n) is 4.55. The Morgan fingerprint density at radius 3 is 2.27 bits per heavy atom. The minimum absolute atomic E-state index is 0.0907. The van der Waals surface area contributed by atoms with E-state index < -0.39 is 21.9 Å². The minimum atomic E-state index is -4.56. The molecule has 11 heteroatoms. The second-order valence-electron chi connectivity index (χ2n) is 6.89. The van der Waals surface area contributed by atoms with Gasteiger partial charge in [-0.25, -0.2) is 17.7 Å². The number of aromatic nitrogens is 2. The molecule has 3 rings (SSSR count). The second-order valence-corrected chi connectivity index (χ2v) is 9.10. The first-order valence-electron chi connectivity index (χ1n) is 8.46. The van der Waals surface area contributed by atoms with Gasteiger partial charge in [-0.15, -0.1) is 0 Å². The van der Waals surface area contributed by atoms with E-state index in [0.29, 0.717) is 38.8 Å². The van der Waals surface area contributed by atoms with Crippen molar-refractivity contribution >= 4 is 21.8 Å². The average Bonchev–Trinajstić information content (AvgIpc) is 3.39. The minimum Gasteiger partial charge on any atom is -0.363 e. The molecular formula is C15H22F3N5O2S. The molecule has 146 valence electrons. The average molecular weight is 393 g/mol. The molecule has 2 aliphatic rings. The number of anilines is 2. The van der Waals surface area contributed by atoms with Crippen molar-refractivity contribution in [1.29, 1.82) is 0 Å². The van der Waals surface area contributed by atoms with Crippen molar-refractivity contribution < 1.29 is 21.6 Å². The van der Waals surface area contributed by atoms with Crippen LogP contribution in [0.15, 0.2) is 6.07 Å². The van der Waals surface area contributed by atoms with Gasteiger partial charge < -0.3 is 10.2 Å². The van der Waals surface area contributed by atoms with E-state index in [9.17, 15) is 21.6 Å². The van der Waals surface area contributed by atoms with Gasteiger partial charge in [0.2, 0.25) is 16.0 Å². The standard InChI is InChI=1S/C15H22F3N5O2S/c1-22(2)13-9-12(15(16,17)18)20-14(21-13)19-10-5-7-23(8-6-10)26(24,25)11-3-4-11/h9-11H,3-8H2,1-2H3,(H,19,20,21). The maximum atomic E-state index is 13.0. The Labute approximate surface area is 150 Å². The largest absolute Gasteiger partial charge is 0.433 e. The Balaban J connectivity index is 1.69. The van der Waals surface area contributed by atoms with Crippen LogP contribution in [0, 0.1) is 0 Å². The summed E-state index contributed by atoms with van der Waals surface area (Å²) in [7, 11) is -0.000969. The first-order valence-corrected chi connectivity index (χ1v) is 9.97. The second kappa shape index (κ2) is 6.84. The highest BCUT2D eigenvalue weighted by Crippen LogP contribution is 2.33. The Kier molecular flexibility index (Phi) is 5.04. The fourth-order valence-corrected chi connectivity index (χ4v) is 4.76. The maximum Gasteiger partial charge on any atom is 0.433 e. The number of nitrogens with zero attached hydrogens (tertiary/aromatic N) is 4. The number of hydrogen-bond acceptors (Lipinski definition) is 6. The molecule has 0 aromatic carbocycles. The molecule has 1 saturated carbocycles. The molecule has 0 radical (unpaired) electrons. The summed E-state index contributed by atoms with van der Waals surface area (Å²) in [6, 6.07) is 0.731. The SMILES string of the molecule is CN(C)c1cc(C(F)(F)F)nc(NC2CCN(S(=O)(=O)C3CC3)CC2)n1. The van der Waals surface area contributed by atoms with Crippen molar-refractivity contribution in [2.75, 3.05) is 37.4 Å². The van der Waals surface area contributed by atoms with Crippen LogP contribution in [0.2, 0.25) is 0 Å². The molecule has 1 N–H and O–H groups in total. The zero-order valence-corrected chi connectivity index (χ0v) is 15.4. The van der Waals surface area contributed by atoms with E-state index in [-0.39, 0.29) is 23.1 Å². The maximum absolute atomic E-state index is 13.0. The van der Waals surface area contributed by atoms with Crippen LogP contribution in [-0.2, 0) is 16.2 Å². The molecule has 0 atom stereocenters. The van der Waals surface area contributed by atoms with Gasteiger partial charge >= 0.3 is 6.18 Å². The van der Waals surface area contributed by atoms with Crippen LogP contribution in [0.5, 0.6) is 0 Å². The molecule has 7 nitrogen and oxygen atoms in total. The molecule has 0 spiro atoms. The van der Waals surface area contributed by atoms with E-state index in [0.717, 1.165) is 6.07 Å². The highest BCUT2D eigenvalue weighted by Gasteiger charge is 2.41. The molecule has 26 heavy (non-hydrogen) atoms. The predicted molar refractivity (Wildman–Crippen MR) is 91.5 cm³/mol. The molecular weight excluding hydrogens is 371 g/mol. The van der Waals surface area contributed by atoms with Gasteiger partial charge in [-0.3, -0.25) is 0 Å². The monoisotopic (exact) mass is 393 g/mol. The number of alkyl halides is 3. The van der Waals surface area contributed by atoms with E-state index >= 15 is 0 Å². The van der Waals surface area contributed by atoms with E-state index in [1.807, 2.05) is 0 Å². The van der Waals surface area contributed by atoms with Gasteiger partial charge in [0, 0.05) is 39.3 Å². The van der Waals surface area contributed by atoms with Crippen LogP contribution in [-0.4, -0.2) is 61.2 Å². The highest BCUT2D eigenvalue weighted by atomic mass is 32.2. The van der Waals surface area contributed by atoms with Crippen molar-refractivity contribution in [2.45, 2.75) is 43.2 Å². The lowest BCUT2D eigenvalue weighted by molar-refractivity contribution is -0.141. The fourth-order valence-electron chi connectivity index (χ4n) is 2.89. The lowest BCUT2D eigenvalue weighted by Gasteiger charge is -2.31. The normalized spacial score (nSPS) is 20.2. The van der Waals surface area contributed by atoms with Gasteiger partial charge in [-0.05, 0) is 25.7 Å². The van der Waals surface area contributed by atoms with Crippen molar-refractivity contribution in [3.05, 3.63) is 11.8 Å². The fraction of sp³-hybridized carbons (Fsp3) is 0.733. The lowest BCUT2D eigenvalue weighted by atomic mass is 10.1. The van der Waals surface area contributed by atoms with Crippen molar-refractivity contribution in [1.82, 2.24) is 14.3 Å². The summed E-state index contributed by atoms with van der Waals surface area (Å²) >= 11 is 0. The Bertz CT molecular complexity index is 757. The zero-order chi connectivity index (χ0) is 19.1. The van der Waals surface area contributed by atoms with Crippen LogP contribution in [0.1, 0.15) is 31.4 Å². The van der Waals surface area contributed by atoms with E-state index in [2.05, 4.69) is 15.3 Å².